The third kappa shape index (κ3) is 5.83. The minimum absolute atomic E-state index is 0.170. The van der Waals surface area contributed by atoms with E-state index in [9.17, 15) is 9.90 Å². The smallest absolute Gasteiger partial charge is 0.272 e. The Hall–Kier alpha value is -4.34. The zero-order chi connectivity index (χ0) is 25.7. The van der Waals surface area contributed by atoms with Gasteiger partial charge in [-0.1, -0.05) is 30.3 Å². The highest BCUT2D eigenvalue weighted by molar-refractivity contribution is 6.30. The molecule has 0 fully saturated rings. The van der Waals surface area contributed by atoms with Crippen molar-refractivity contribution in [1.29, 1.82) is 0 Å². The van der Waals surface area contributed by atoms with Crippen LogP contribution < -0.4 is 16.4 Å². The molecule has 184 valence electrons. The topological polar surface area (TPSA) is 131 Å². The van der Waals surface area contributed by atoms with E-state index in [1.807, 2.05) is 31.2 Å². The lowest BCUT2D eigenvalue weighted by Crippen LogP contribution is -2.31. The maximum Gasteiger partial charge on any atom is 0.272 e. The van der Waals surface area contributed by atoms with Crippen LogP contribution in [-0.2, 0) is 0 Å². The number of anilines is 1. The molecule has 2 heterocycles. The number of aliphatic hydroxyl groups is 1. The van der Waals surface area contributed by atoms with Crippen LogP contribution in [0.15, 0.2) is 95.1 Å². The van der Waals surface area contributed by atoms with Gasteiger partial charge in [0.2, 0.25) is 0 Å². The molecule has 5 N–H and O–H groups in total. The molecule has 0 saturated heterocycles. The van der Waals surface area contributed by atoms with Gasteiger partial charge in [-0.25, -0.2) is 9.98 Å². The molecule has 0 saturated carbocycles. The Bertz CT molecular complexity index is 1470. The first-order valence-corrected chi connectivity index (χ1v) is 11.4. The molecule has 9 nitrogen and oxygen atoms in total. The molecule has 1 unspecified atom stereocenters. The molecule has 10 heteroatoms. The maximum atomic E-state index is 12.7. The van der Waals surface area contributed by atoms with Crippen molar-refractivity contribution >= 4 is 45.8 Å². The Morgan fingerprint density at radius 1 is 1.33 bits per heavy atom. The number of hydrogen-bond donors (Lipinski definition) is 4. The number of aliphatic hydroxyl groups excluding tert-OH is 1. The fourth-order valence-corrected chi connectivity index (χ4v) is 3.65. The summed E-state index contributed by atoms with van der Waals surface area (Å²) in [6.07, 6.45) is 6.22. The summed E-state index contributed by atoms with van der Waals surface area (Å²) in [5, 5.41) is 17.0. The summed E-state index contributed by atoms with van der Waals surface area (Å²) >= 11 is 6.02. The molecular weight excluding hydrogens is 480 g/mol. The number of furan rings is 1. The quantitative estimate of drug-likeness (QED) is 0.158. The van der Waals surface area contributed by atoms with Crippen molar-refractivity contribution in [3.63, 3.8) is 0 Å². The minimum Gasteiger partial charge on any atom is -0.464 e. The first-order valence-electron chi connectivity index (χ1n) is 11.0. The number of imidazole rings is 1. The van der Waals surface area contributed by atoms with Crippen molar-refractivity contribution in [2.45, 2.75) is 13.0 Å². The Morgan fingerprint density at radius 3 is 2.94 bits per heavy atom. The third-order valence-corrected chi connectivity index (χ3v) is 5.68. The molecule has 36 heavy (non-hydrogen) atoms. The second kappa shape index (κ2) is 10.9. The van der Waals surface area contributed by atoms with E-state index in [1.165, 1.54) is 6.33 Å². The van der Waals surface area contributed by atoms with Gasteiger partial charge in [0, 0.05) is 34.2 Å². The van der Waals surface area contributed by atoms with E-state index in [4.69, 9.17) is 21.8 Å². The molecule has 4 aromatic rings. The van der Waals surface area contributed by atoms with Gasteiger partial charge in [0.15, 0.2) is 5.96 Å². The average molecular weight is 505 g/mol. The highest BCUT2D eigenvalue weighted by Crippen LogP contribution is 2.21. The van der Waals surface area contributed by atoms with Gasteiger partial charge < -0.3 is 30.5 Å². The van der Waals surface area contributed by atoms with E-state index in [1.54, 1.807) is 47.5 Å². The van der Waals surface area contributed by atoms with Crippen LogP contribution in [0.2, 0.25) is 5.02 Å². The van der Waals surface area contributed by atoms with Gasteiger partial charge in [0.1, 0.15) is 17.6 Å². The monoisotopic (exact) mass is 504 g/mol. The van der Waals surface area contributed by atoms with E-state index < -0.39 is 11.9 Å². The summed E-state index contributed by atoms with van der Waals surface area (Å²) in [6.45, 7) is 5.58. The summed E-state index contributed by atoms with van der Waals surface area (Å²) in [7, 11) is 0. The van der Waals surface area contributed by atoms with Crippen LogP contribution in [-0.4, -0.2) is 33.1 Å². The van der Waals surface area contributed by atoms with Gasteiger partial charge in [0.25, 0.3) is 5.91 Å². The Labute approximate surface area is 212 Å². The number of amides is 1. The molecule has 0 aliphatic heterocycles. The number of carbonyl (C=O) groups excluding carboxylic acids is 1. The van der Waals surface area contributed by atoms with Gasteiger partial charge in [0.05, 0.1) is 18.9 Å². The van der Waals surface area contributed by atoms with Crippen LogP contribution in [0.1, 0.15) is 29.0 Å². The van der Waals surface area contributed by atoms with Crippen LogP contribution in [0.5, 0.6) is 0 Å². The number of allylic oxidation sites excluding steroid dienone is 2. The lowest BCUT2D eigenvalue weighted by molar-refractivity contribution is 0.0911. The fourth-order valence-electron chi connectivity index (χ4n) is 3.45. The number of carbonyl (C=O) groups is 1. The Kier molecular flexibility index (Phi) is 7.53. The highest BCUT2D eigenvalue weighted by Gasteiger charge is 2.17. The number of aliphatic imine (C=N–C) groups is 1. The van der Waals surface area contributed by atoms with Crippen molar-refractivity contribution in [1.82, 2.24) is 14.9 Å². The zero-order valence-electron chi connectivity index (χ0n) is 19.5. The van der Waals surface area contributed by atoms with Crippen LogP contribution in [0, 0.1) is 0 Å². The summed E-state index contributed by atoms with van der Waals surface area (Å²) < 4.78 is 6.94. The number of guanidine groups is 1. The molecule has 1 atom stereocenters. The van der Waals surface area contributed by atoms with Gasteiger partial charge in [-0.05, 0) is 54.5 Å². The molecule has 0 bridgehead atoms. The number of aromatic nitrogens is 2. The highest BCUT2D eigenvalue weighted by atomic mass is 35.5. The number of benzene rings is 2. The van der Waals surface area contributed by atoms with E-state index >= 15 is 0 Å². The molecule has 0 radical (unpaired) electrons. The second-order valence-electron chi connectivity index (χ2n) is 8.00. The number of fused-ring (bicyclic) bond motifs is 1. The lowest BCUT2D eigenvalue weighted by atomic mass is 10.1. The van der Waals surface area contributed by atoms with Crippen molar-refractivity contribution in [2.24, 2.45) is 10.7 Å². The van der Waals surface area contributed by atoms with E-state index in [0.29, 0.717) is 21.9 Å². The first-order chi connectivity index (χ1) is 17.3. The van der Waals surface area contributed by atoms with E-state index in [-0.39, 0.29) is 18.3 Å². The first kappa shape index (κ1) is 24.8. The van der Waals surface area contributed by atoms with Crippen LogP contribution >= 0.6 is 11.6 Å². The molecule has 4 rings (SSSR count). The van der Waals surface area contributed by atoms with Gasteiger partial charge in [-0.15, -0.1) is 0 Å². The number of nitrogens with one attached hydrogen (secondary N) is 2. The lowest BCUT2D eigenvalue weighted by Gasteiger charge is -2.16. The Morgan fingerprint density at radius 2 is 2.17 bits per heavy atom. The van der Waals surface area contributed by atoms with Crippen LogP contribution in [0.3, 0.4) is 0 Å². The average Bonchev–Trinajstić information content (AvgIpc) is 3.55. The fraction of sp³-hybridized carbons (Fsp3) is 0.115. The zero-order valence-corrected chi connectivity index (χ0v) is 20.2. The van der Waals surface area contributed by atoms with Gasteiger partial charge in [-0.2, -0.15) is 0 Å². The molecule has 1 amide bonds. The summed E-state index contributed by atoms with van der Waals surface area (Å²) in [6, 6.07) is 13.8. The molecule has 2 aromatic heterocycles. The Balaban J connectivity index is 1.40. The molecule has 0 aliphatic rings. The summed E-state index contributed by atoms with van der Waals surface area (Å²) in [5.41, 5.74) is 9.71. The summed E-state index contributed by atoms with van der Waals surface area (Å²) in [5.74, 6) is -0.241. The van der Waals surface area contributed by atoms with E-state index in [2.05, 4.69) is 27.2 Å². The third-order valence-electron chi connectivity index (χ3n) is 5.44. The SMILES string of the molecule is C=C(/C(C)=C\N=C(N)Nc1ccc2occc2c1)n1cnc(C(=O)NC(CO)c2cccc(Cl)c2)c1. The number of rotatable bonds is 8. The van der Waals surface area contributed by atoms with Crippen molar-refractivity contribution in [3.8, 4) is 0 Å². The van der Waals surface area contributed by atoms with Gasteiger partial charge in [-0.3, -0.25) is 4.79 Å². The van der Waals surface area contributed by atoms with Crippen molar-refractivity contribution in [3.05, 3.63) is 102 Å². The number of hydrogen-bond acceptors (Lipinski definition) is 5. The maximum absolute atomic E-state index is 12.7. The molecule has 2 aromatic carbocycles. The number of nitrogens with zero attached hydrogens (tertiary/aromatic N) is 3. The summed E-state index contributed by atoms with van der Waals surface area (Å²) in [4.78, 5) is 21.1. The number of halogens is 1. The predicted octanol–water partition coefficient (Wildman–Crippen LogP) is 4.55. The molecular formula is C26H25ClN6O3. The number of nitrogens with two attached hydrogens (primary N) is 1. The molecule has 0 aliphatic carbocycles. The van der Waals surface area contributed by atoms with E-state index in [0.717, 1.165) is 16.7 Å². The van der Waals surface area contributed by atoms with Crippen LogP contribution in [0.25, 0.3) is 16.7 Å². The molecule has 0 spiro atoms. The largest absolute Gasteiger partial charge is 0.464 e. The van der Waals surface area contributed by atoms with Gasteiger partial charge >= 0.3 is 0 Å². The van der Waals surface area contributed by atoms with Crippen molar-refractivity contribution < 1.29 is 14.3 Å². The normalized spacial score (nSPS) is 13.0. The predicted molar refractivity (Wildman–Crippen MR) is 142 cm³/mol. The van der Waals surface area contributed by atoms with Crippen LogP contribution in [0.4, 0.5) is 5.69 Å². The minimum atomic E-state index is -0.620. The standard InChI is InChI=1S/C26H25ClN6O3/c1-16(12-29-26(28)31-21-6-7-24-19(11-21)8-9-36-24)17(2)33-13-22(30-15-33)25(35)32-23(14-34)18-4-3-5-20(27)10-18/h3-13,15,23,34H,2,14H2,1H3,(H,32,35)(H3,28,29,31)/b16-12-. The van der Waals surface area contributed by atoms with Crippen molar-refractivity contribution in [2.75, 3.05) is 11.9 Å². The second-order valence-corrected chi connectivity index (χ2v) is 8.44.